The van der Waals surface area contributed by atoms with Gasteiger partial charge < -0.3 is 25.2 Å². The molecule has 6 atom stereocenters. The number of esters is 1. The summed E-state index contributed by atoms with van der Waals surface area (Å²) in [6.45, 7) is 6.46. The number of hydrogen-bond donors (Lipinski definition) is 4. The number of nitrogen functional groups attached to an aromatic ring is 1. The van der Waals surface area contributed by atoms with E-state index >= 15 is 0 Å². The lowest BCUT2D eigenvalue weighted by Gasteiger charge is -2.25. The number of carbonyl (C=O) groups excluding carboxylic acids is 1. The summed E-state index contributed by atoms with van der Waals surface area (Å²) in [7, 11) is -4.53. The third-order valence-corrected chi connectivity index (χ3v) is 7.32. The first-order valence-electron chi connectivity index (χ1n) is 11.9. The lowest BCUT2D eigenvalue weighted by molar-refractivity contribution is -0.146. The highest BCUT2D eigenvalue weighted by Crippen LogP contribution is 2.46. The van der Waals surface area contributed by atoms with Crippen molar-refractivity contribution in [3.63, 3.8) is 0 Å². The highest BCUT2D eigenvalue weighted by Gasteiger charge is 2.55. The number of nitriles is 1. The van der Waals surface area contributed by atoms with Gasteiger partial charge in [-0.05, 0) is 38.7 Å². The topological polar surface area (TPSA) is 199 Å². The number of nitrogens with zero attached hydrogens (tertiary/aromatic N) is 3. The molecule has 0 bridgehead atoms. The van der Waals surface area contributed by atoms with E-state index in [9.17, 15) is 29.4 Å². The van der Waals surface area contributed by atoms with Crippen LogP contribution in [-0.2, 0) is 23.4 Å². The number of aliphatic hydroxyl groups is 1. The Bertz CT molecular complexity index is 1040. The molecule has 1 fully saturated rings. The fourth-order valence-corrected chi connectivity index (χ4v) is 5.10. The van der Waals surface area contributed by atoms with Gasteiger partial charge in [-0.15, -0.1) is 0 Å². The molecule has 0 amide bonds. The van der Waals surface area contributed by atoms with Gasteiger partial charge in [-0.1, -0.05) is 26.7 Å². The van der Waals surface area contributed by atoms with Crippen LogP contribution >= 0.6 is 7.75 Å². The minimum absolute atomic E-state index is 0.0282. The highest BCUT2D eigenvalue weighted by molar-refractivity contribution is 7.50. The van der Waals surface area contributed by atoms with Gasteiger partial charge in [-0.3, -0.25) is 13.9 Å². The molecular weight excluding hydrogens is 493 g/mol. The molecule has 36 heavy (non-hydrogen) atoms. The normalized spacial score (nSPS) is 26.3. The first kappa shape index (κ1) is 29.9. The molecule has 0 aromatic carbocycles. The van der Waals surface area contributed by atoms with E-state index in [2.05, 4.69) is 10.1 Å². The molecule has 5 N–H and O–H groups in total. The summed E-state index contributed by atoms with van der Waals surface area (Å²) in [4.78, 5) is 38.3. The van der Waals surface area contributed by atoms with E-state index in [1.54, 1.807) is 0 Å². The number of hydrogen-bond acceptors (Lipinski definition) is 10. The fourth-order valence-electron chi connectivity index (χ4n) is 4.09. The summed E-state index contributed by atoms with van der Waals surface area (Å²) >= 11 is 0. The van der Waals surface area contributed by atoms with Crippen molar-refractivity contribution in [3.8, 4) is 6.07 Å². The number of anilines is 1. The molecule has 2 rings (SSSR count). The third-order valence-electron chi connectivity index (χ3n) is 6.11. The van der Waals surface area contributed by atoms with E-state index in [1.807, 2.05) is 19.9 Å². The van der Waals surface area contributed by atoms with E-state index < -0.39 is 55.9 Å². The van der Waals surface area contributed by atoms with Gasteiger partial charge in [0.1, 0.15) is 29.5 Å². The van der Waals surface area contributed by atoms with Crippen LogP contribution in [0, 0.1) is 22.7 Å². The second kappa shape index (κ2) is 12.8. The Balaban J connectivity index is 2.00. The van der Waals surface area contributed by atoms with Gasteiger partial charge in [0.05, 0.1) is 19.3 Å². The number of aromatic nitrogens is 2. The van der Waals surface area contributed by atoms with Crippen molar-refractivity contribution in [3.05, 3.63) is 22.7 Å². The summed E-state index contributed by atoms with van der Waals surface area (Å²) in [5.74, 6) is -0.505. The van der Waals surface area contributed by atoms with Crippen LogP contribution < -0.4 is 16.5 Å². The molecule has 202 valence electrons. The number of nitrogens with two attached hydrogens (primary N) is 1. The third kappa shape index (κ3) is 7.35. The molecule has 14 heteroatoms. The molecule has 1 aliphatic heterocycles. The van der Waals surface area contributed by atoms with Crippen LogP contribution in [-0.4, -0.2) is 57.0 Å². The summed E-state index contributed by atoms with van der Waals surface area (Å²) in [6, 6.07) is 2.13. The van der Waals surface area contributed by atoms with Crippen LogP contribution in [0.2, 0.25) is 0 Å². The molecule has 13 nitrogen and oxygen atoms in total. The molecule has 1 aromatic rings. The van der Waals surface area contributed by atoms with Gasteiger partial charge in [-0.25, -0.2) is 14.4 Å². The van der Waals surface area contributed by atoms with Crippen molar-refractivity contribution in [2.45, 2.75) is 77.9 Å². The Morgan fingerprint density at radius 3 is 2.64 bits per heavy atom. The average molecular weight is 530 g/mol. The van der Waals surface area contributed by atoms with Crippen LogP contribution in [0.5, 0.6) is 0 Å². The smallest absolute Gasteiger partial charge is 0.403 e. The fraction of sp³-hybridized carbons (Fsp3) is 0.727. The summed E-state index contributed by atoms with van der Waals surface area (Å²) in [5, 5.41) is 22.6. The first-order chi connectivity index (χ1) is 16.9. The predicted molar refractivity (Wildman–Crippen MR) is 129 cm³/mol. The monoisotopic (exact) mass is 529 g/mol. The van der Waals surface area contributed by atoms with Crippen LogP contribution in [0.1, 0.15) is 59.6 Å². The molecule has 1 saturated heterocycles. The Labute approximate surface area is 210 Å². The van der Waals surface area contributed by atoms with E-state index in [-0.39, 0.29) is 18.3 Å². The van der Waals surface area contributed by atoms with Crippen LogP contribution in [0.4, 0.5) is 5.82 Å². The lowest BCUT2D eigenvalue weighted by atomic mass is 9.84. The Kier molecular flexibility index (Phi) is 10.6. The molecule has 2 heterocycles. The zero-order chi connectivity index (χ0) is 27.1. The highest BCUT2D eigenvalue weighted by atomic mass is 31.2. The van der Waals surface area contributed by atoms with Crippen molar-refractivity contribution in [2.24, 2.45) is 11.3 Å². The van der Waals surface area contributed by atoms with E-state index in [0.717, 1.165) is 30.3 Å². The van der Waals surface area contributed by atoms with Crippen molar-refractivity contribution < 1.29 is 33.4 Å². The van der Waals surface area contributed by atoms with Crippen molar-refractivity contribution in [1.82, 2.24) is 14.6 Å². The first-order valence-corrected chi connectivity index (χ1v) is 13.5. The Morgan fingerprint density at radius 1 is 1.44 bits per heavy atom. The van der Waals surface area contributed by atoms with Gasteiger partial charge in [-0.2, -0.15) is 10.2 Å². The van der Waals surface area contributed by atoms with E-state index in [1.165, 1.54) is 26.1 Å². The summed E-state index contributed by atoms with van der Waals surface area (Å²) < 4.78 is 29.6. The van der Waals surface area contributed by atoms with Gasteiger partial charge in [0.25, 0.3) is 0 Å². The molecule has 0 spiro atoms. The van der Waals surface area contributed by atoms with Gasteiger partial charge in [0, 0.05) is 6.20 Å². The molecule has 0 saturated carbocycles. The van der Waals surface area contributed by atoms with Crippen molar-refractivity contribution in [2.75, 3.05) is 18.9 Å². The van der Waals surface area contributed by atoms with Crippen LogP contribution in [0.15, 0.2) is 17.1 Å². The van der Waals surface area contributed by atoms with Crippen LogP contribution in [0.3, 0.4) is 0 Å². The molecular formula is C22H36N5O8P. The number of aliphatic hydroxyl groups excluding tert-OH is 1. The predicted octanol–water partition coefficient (Wildman–Crippen LogP) is 1.47. The van der Waals surface area contributed by atoms with Gasteiger partial charge in [0.2, 0.25) is 0 Å². The molecule has 0 aliphatic carbocycles. The standard InChI is InChI=1S/C22H36N5O8P/c1-5-7-15(8-6-2)11-33-19(29)14(3)26-36(31,32)34-12-16-18(28)22(4,13-23)20(35-16)27-10-9-17(24)25-21(27)30/h9-10,14-16,18,20,28H,5-8,11-12H2,1-4H3,(H2,24,25,30)(H2,26,31,32)/t14-,16+,18+,20+,22+/m0/s1. The molecule has 1 aliphatic rings. The number of nitrogens with one attached hydrogen (secondary N) is 1. The van der Waals surface area contributed by atoms with Gasteiger partial charge >= 0.3 is 19.4 Å². The molecule has 0 radical (unpaired) electrons. The Morgan fingerprint density at radius 2 is 2.08 bits per heavy atom. The van der Waals surface area contributed by atoms with Crippen molar-refractivity contribution in [1.29, 1.82) is 5.26 Å². The van der Waals surface area contributed by atoms with E-state index in [4.69, 9.17) is 19.7 Å². The molecule has 1 unspecified atom stereocenters. The maximum absolute atomic E-state index is 12.5. The average Bonchev–Trinajstić information content (AvgIpc) is 3.06. The zero-order valence-corrected chi connectivity index (χ0v) is 21.9. The Hall–Kier alpha value is -2.33. The summed E-state index contributed by atoms with van der Waals surface area (Å²) in [5.41, 5.74) is 3.10. The number of ether oxygens (including phenoxy) is 2. The van der Waals surface area contributed by atoms with Gasteiger partial charge in [0.15, 0.2) is 6.23 Å². The second-order valence-corrected chi connectivity index (χ2v) is 10.7. The largest absolute Gasteiger partial charge is 0.464 e. The minimum atomic E-state index is -4.53. The maximum Gasteiger partial charge on any atom is 0.403 e. The second-order valence-electron chi connectivity index (χ2n) is 9.15. The van der Waals surface area contributed by atoms with E-state index in [0.29, 0.717) is 0 Å². The number of rotatable bonds is 13. The van der Waals surface area contributed by atoms with Crippen molar-refractivity contribution >= 4 is 19.5 Å². The number of carbonyl (C=O) groups is 1. The maximum atomic E-state index is 12.5. The lowest BCUT2D eigenvalue weighted by Crippen LogP contribution is -2.40. The molecule has 1 aromatic heterocycles. The SMILES string of the molecule is CCCC(CCC)COC(=O)[C@H](C)NP(=O)(O)OC[C@H]1O[C@@H](n2ccc(N)nc2=O)[C@](C)(C#N)[C@@H]1O. The minimum Gasteiger partial charge on any atom is -0.464 e. The van der Waals surface area contributed by atoms with Crippen LogP contribution in [0.25, 0.3) is 0 Å². The summed E-state index contributed by atoms with van der Waals surface area (Å²) in [6.07, 6.45) is 1.04. The quantitative estimate of drug-likeness (QED) is 0.212. The zero-order valence-electron chi connectivity index (χ0n) is 21.0.